The summed E-state index contributed by atoms with van der Waals surface area (Å²) in [7, 11) is 0. The molecule has 0 radical (unpaired) electrons. The van der Waals surface area contributed by atoms with Gasteiger partial charge in [0.1, 0.15) is 5.54 Å². The molecule has 4 heteroatoms. The first kappa shape index (κ1) is 13.4. The van der Waals surface area contributed by atoms with Crippen LogP contribution >= 0.6 is 0 Å². The second kappa shape index (κ2) is 5.31. The van der Waals surface area contributed by atoms with E-state index in [2.05, 4.69) is 18.3 Å². The number of aliphatic carboxylic acids is 1. The highest BCUT2D eigenvalue weighted by molar-refractivity contribution is 5.83. The van der Waals surface area contributed by atoms with E-state index in [1.54, 1.807) is 24.3 Å². The van der Waals surface area contributed by atoms with Gasteiger partial charge in [-0.15, -0.1) is 0 Å². The minimum absolute atomic E-state index is 0.413. The normalized spacial score (nSPS) is 26.4. The predicted molar refractivity (Wildman–Crippen MR) is 72.8 cm³/mol. The van der Waals surface area contributed by atoms with Crippen LogP contribution in [0.5, 0.6) is 0 Å². The fraction of sp³-hybridized carbons (Fsp3) is 0.467. The second-order valence-corrected chi connectivity index (χ2v) is 5.40. The number of carbonyl (C=O) groups is 1. The molecule has 2 unspecified atom stereocenters. The Labute approximate surface area is 113 Å². The van der Waals surface area contributed by atoms with Crippen molar-refractivity contribution >= 4 is 11.7 Å². The van der Waals surface area contributed by atoms with E-state index < -0.39 is 11.5 Å². The van der Waals surface area contributed by atoms with E-state index in [1.165, 1.54) is 0 Å². The van der Waals surface area contributed by atoms with Gasteiger partial charge in [-0.25, -0.2) is 4.79 Å². The van der Waals surface area contributed by atoms with E-state index >= 15 is 0 Å². The summed E-state index contributed by atoms with van der Waals surface area (Å²) >= 11 is 0. The summed E-state index contributed by atoms with van der Waals surface area (Å²) in [6.07, 6.45) is 3.30. The fourth-order valence-electron chi connectivity index (χ4n) is 2.82. The Morgan fingerprint density at radius 2 is 2.16 bits per heavy atom. The van der Waals surface area contributed by atoms with Crippen LogP contribution in [0.4, 0.5) is 5.69 Å². The highest BCUT2D eigenvalue weighted by Gasteiger charge is 2.41. The molecule has 2 N–H and O–H groups in total. The molecule has 0 bridgehead atoms. The van der Waals surface area contributed by atoms with Crippen LogP contribution in [-0.2, 0) is 4.79 Å². The summed E-state index contributed by atoms with van der Waals surface area (Å²) in [5, 5.41) is 21.5. The standard InChI is InChI=1S/C15H18N2O2/c1-11-3-2-8-15(9-11,14(18)19)17-13-6-4-12(10-16)5-7-13/h4-7,11,17H,2-3,8-9H2,1H3,(H,18,19). The molecule has 1 aromatic carbocycles. The van der Waals surface area contributed by atoms with E-state index in [0.717, 1.165) is 18.5 Å². The van der Waals surface area contributed by atoms with Crippen LogP contribution in [0.25, 0.3) is 0 Å². The van der Waals surface area contributed by atoms with Gasteiger partial charge in [0.15, 0.2) is 0 Å². The Hall–Kier alpha value is -2.02. The van der Waals surface area contributed by atoms with E-state index in [9.17, 15) is 9.90 Å². The van der Waals surface area contributed by atoms with Crippen molar-refractivity contribution < 1.29 is 9.90 Å². The van der Waals surface area contributed by atoms with E-state index in [-0.39, 0.29) is 0 Å². The summed E-state index contributed by atoms with van der Waals surface area (Å²) < 4.78 is 0. The summed E-state index contributed by atoms with van der Waals surface area (Å²) in [6.45, 7) is 2.09. The third kappa shape index (κ3) is 2.87. The zero-order chi connectivity index (χ0) is 13.9. The van der Waals surface area contributed by atoms with Crippen molar-refractivity contribution in [2.24, 2.45) is 5.92 Å². The van der Waals surface area contributed by atoms with E-state index in [1.807, 2.05) is 0 Å². The van der Waals surface area contributed by atoms with Crippen LogP contribution in [-0.4, -0.2) is 16.6 Å². The lowest BCUT2D eigenvalue weighted by molar-refractivity contribution is -0.144. The number of carboxylic acids is 1. The van der Waals surface area contributed by atoms with Gasteiger partial charge >= 0.3 is 5.97 Å². The quantitative estimate of drug-likeness (QED) is 0.874. The topological polar surface area (TPSA) is 73.1 Å². The number of rotatable bonds is 3. The largest absolute Gasteiger partial charge is 0.480 e. The molecule has 1 saturated carbocycles. The molecule has 0 aliphatic heterocycles. The van der Waals surface area contributed by atoms with Crippen LogP contribution in [0.15, 0.2) is 24.3 Å². The lowest BCUT2D eigenvalue weighted by Crippen LogP contribution is -2.49. The molecular formula is C15H18N2O2. The van der Waals surface area contributed by atoms with Crippen LogP contribution in [0.3, 0.4) is 0 Å². The lowest BCUT2D eigenvalue weighted by atomic mass is 9.76. The number of nitrogens with one attached hydrogen (secondary N) is 1. The van der Waals surface area contributed by atoms with Crippen molar-refractivity contribution in [3.8, 4) is 6.07 Å². The minimum atomic E-state index is -0.869. The molecule has 0 spiro atoms. The van der Waals surface area contributed by atoms with Gasteiger partial charge in [0.2, 0.25) is 0 Å². The second-order valence-electron chi connectivity index (χ2n) is 5.40. The molecule has 1 aliphatic rings. The van der Waals surface area contributed by atoms with Crippen molar-refractivity contribution in [3.05, 3.63) is 29.8 Å². The van der Waals surface area contributed by atoms with Crippen molar-refractivity contribution in [1.29, 1.82) is 5.26 Å². The van der Waals surface area contributed by atoms with Crippen LogP contribution in [0.2, 0.25) is 0 Å². The van der Waals surface area contributed by atoms with Crippen LogP contribution in [0.1, 0.15) is 38.2 Å². The SMILES string of the molecule is CC1CCCC(Nc2ccc(C#N)cc2)(C(=O)O)C1. The average Bonchev–Trinajstić information content (AvgIpc) is 2.39. The van der Waals surface area contributed by atoms with Gasteiger partial charge in [-0.3, -0.25) is 0 Å². The zero-order valence-electron chi connectivity index (χ0n) is 11.0. The molecule has 1 aliphatic carbocycles. The van der Waals surface area contributed by atoms with Gasteiger partial charge in [0.25, 0.3) is 0 Å². The van der Waals surface area contributed by atoms with Crippen molar-refractivity contribution in [2.45, 2.75) is 38.1 Å². The Morgan fingerprint density at radius 1 is 1.47 bits per heavy atom. The predicted octanol–water partition coefficient (Wildman–Crippen LogP) is 3.00. The molecule has 4 nitrogen and oxygen atoms in total. The number of anilines is 1. The molecule has 2 atom stereocenters. The molecule has 0 saturated heterocycles. The molecular weight excluding hydrogens is 240 g/mol. The molecule has 1 fully saturated rings. The molecule has 1 aromatic rings. The third-order valence-corrected chi connectivity index (χ3v) is 3.80. The molecule has 0 heterocycles. The molecule has 0 amide bonds. The monoisotopic (exact) mass is 258 g/mol. The first-order chi connectivity index (χ1) is 9.05. The van der Waals surface area contributed by atoms with Gasteiger partial charge in [-0.1, -0.05) is 19.8 Å². The Balaban J connectivity index is 2.21. The summed E-state index contributed by atoms with van der Waals surface area (Å²) in [5.41, 5.74) is 0.466. The number of benzene rings is 1. The lowest BCUT2D eigenvalue weighted by Gasteiger charge is -2.37. The van der Waals surface area contributed by atoms with Gasteiger partial charge in [0, 0.05) is 5.69 Å². The summed E-state index contributed by atoms with van der Waals surface area (Å²) in [5.74, 6) is -0.376. The van der Waals surface area contributed by atoms with E-state index in [0.29, 0.717) is 24.3 Å². The first-order valence-electron chi connectivity index (χ1n) is 6.57. The zero-order valence-corrected chi connectivity index (χ0v) is 11.0. The first-order valence-corrected chi connectivity index (χ1v) is 6.57. The Morgan fingerprint density at radius 3 is 2.68 bits per heavy atom. The summed E-state index contributed by atoms with van der Waals surface area (Å²) in [4.78, 5) is 11.6. The molecule has 2 rings (SSSR count). The van der Waals surface area contributed by atoms with Gasteiger partial charge < -0.3 is 10.4 Å². The Bertz CT molecular complexity index is 504. The number of nitriles is 1. The summed E-state index contributed by atoms with van der Waals surface area (Å²) in [6, 6.07) is 8.98. The van der Waals surface area contributed by atoms with Gasteiger partial charge in [-0.2, -0.15) is 5.26 Å². The average molecular weight is 258 g/mol. The third-order valence-electron chi connectivity index (χ3n) is 3.80. The maximum atomic E-state index is 11.6. The smallest absolute Gasteiger partial charge is 0.329 e. The fourth-order valence-corrected chi connectivity index (χ4v) is 2.82. The van der Waals surface area contributed by atoms with Crippen LogP contribution in [0, 0.1) is 17.2 Å². The van der Waals surface area contributed by atoms with Crippen molar-refractivity contribution in [1.82, 2.24) is 0 Å². The maximum absolute atomic E-state index is 11.6. The van der Waals surface area contributed by atoms with Crippen LogP contribution < -0.4 is 5.32 Å². The van der Waals surface area contributed by atoms with Crippen molar-refractivity contribution in [3.63, 3.8) is 0 Å². The van der Waals surface area contributed by atoms with E-state index in [4.69, 9.17) is 5.26 Å². The number of carboxylic acid groups (broad SMARTS) is 1. The highest BCUT2D eigenvalue weighted by Crippen LogP contribution is 2.35. The maximum Gasteiger partial charge on any atom is 0.329 e. The molecule has 0 aromatic heterocycles. The molecule has 19 heavy (non-hydrogen) atoms. The van der Waals surface area contributed by atoms with Gasteiger partial charge in [0.05, 0.1) is 11.6 Å². The van der Waals surface area contributed by atoms with Gasteiger partial charge in [-0.05, 0) is 43.0 Å². The highest BCUT2D eigenvalue weighted by atomic mass is 16.4. The Kier molecular flexibility index (Phi) is 3.75. The van der Waals surface area contributed by atoms with Crippen molar-refractivity contribution in [2.75, 3.05) is 5.32 Å². The number of nitrogens with zero attached hydrogens (tertiary/aromatic N) is 1. The minimum Gasteiger partial charge on any atom is -0.480 e. The number of hydrogen-bond acceptors (Lipinski definition) is 3. The molecule has 100 valence electrons. The number of hydrogen-bond donors (Lipinski definition) is 2.